The van der Waals surface area contributed by atoms with Crippen LogP contribution in [0.1, 0.15) is 16.1 Å². The minimum absolute atomic E-state index is 0.0190. The molecule has 0 fully saturated rings. The summed E-state index contributed by atoms with van der Waals surface area (Å²) in [6.45, 7) is 0. The number of carbonyl (C=O) groups excluding carboxylic acids is 2. The van der Waals surface area contributed by atoms with E-state index in [9.17, 15) is 14.7 Å². The number of furan rings is 1. The first-order valence-electron chi connectivity index (χ1n) is 8.22. The molecule has 1 amide bonds. The topological polar surface area (TPSA) is 79.5 Å². The van der Waals surface area contributed by atoms with E-state index in [4.69, 9.17) is 16.0 Å². The molecule has 27 heavy (non-hydrogen) atoms. The second-order valence-electron chi connectivity index (χ2n) is 6.02. The standard InChI is InChI=1S/C21H14ClNO4/c22-11-17(25)23-19-18-15-4-2-1-3-12(15)7-10-16(18)27-21(19)20(26)13-5-8-14(24)9-6-13/h1-10,24H,11H2,(H,23,25). The molecule has 134 valence electrons. The zero-order chi connectivity index (χ0) is 19.0. The van der Waals surface area contributed by atoms with Crippen LogP contribution in [0, 0.1) is 0 Å². The van der Waals surface area contributed by atoms with Crippen LogP contribution in [0.5, 0.6) is 5.75 Å². The summed E-state index contributed by atoms with van der Waals surface area (Å²) in [4.78, 5) is 25.0. The number of alkyl halides is 1. The van der Waals surface area contributed by atoms with E-state index in [0.717, 1.165) is 10.8 Å². The lowest BCUT2D eigenvalue weighted by Crippen LogP contribution is -2.15. The zero-order valence-electron chi connectivity index (χ0n) is 14.0. The third kappa shape index (κ3) is 3.02. The molecule has 0 bridgehead atoms. The normalized spacial score (nSPS) is 11.0. The molecule has 4 aromatic rings. The lowest BCUT2D eigenvalue weighted by Gasteiger charge is -2.06. The molecule has 0 radical (unpaired) electrons. The van der Waals surface area contributed by atoms with Gasteiger partial charge in [-0.25, -0.2) is 0 Å². The summed E-state index contributed by atoms with van der Waals surface area (Å²) in [5.41, 5.74) is 1.11. The van der Waals surface area contributed by atoms with Crippen LogP contribution in [0.15, 0.2) is 65.1 Å². The first-order valence-corrected chi connectivity index (χ1v) is 8.75. The van der Waals surface area contributed by atoms with Gasteiger partial charge in [-0.05, 0) is 41.1 Å². The molecule has 5 nitrogen and oxygen atoms in total. The molecule has 0 spiro atoms. The van der Waals surface area contributed by atoms with Crippen molar-refractivity contribution < 1.29 is 19.1 Å². The highest BCUT2D eigenvalue weighted by molar-refractivity contribution is 6.30. The summed E-state index contributed by atoms with van der Waals surface area (Å²) in [6.07, 6.45) is 0. The fourth-order valence-electron chi connectivity index (χ4n) is 3.06. The molecule has 6 heteroatoms. The second-order valence-corrected chi connectivity index (χ2v) is 6.29. The van der Waals surface area contributed by atoms with Crippen molar-refractivity contribution in [3.05, 3.63) is 72.0 Å². The number of phenols is 1. The smallest absolute Gasteiger partial charge is 0.239 e. The van der Waals surface area contributed by atoms with Gasteiger partial charge < -0.3 is 14.8 Å². The minimum Gasteiger partial charge on any atom is -0.508 e. The monoisotopic (exact) mass is 379 g/mol. The van der Waals surface area contributed by atoms with Gasteiger partial charge in [-0.15, -0.1) is 11.6 Å². The third-order valence-corrected chi connectivity index (χ3v) is 4.54. The fraction of sp³-hybridized carbons (Fsp3) is 0.0476. The molecule has 0 atom stereocenters. The Kier molecular flexibility index (Phi) is 4.30. The summed E-state index contributed by atoms with van der Waals surface area (Å²) < 4.78 is 5.83. The van der Waals surface area contributed by atoms with Gasteiger partial charge in [0.15, 0.2) is 5.76 Å². The van der Waals surface area contributed by atoms with Crippen LogP contribution < -0.4 is 5.32 Å². The van der Waals surface area contributed by atoms with E-state index in [1.165, 1.54) is 24.3 Å². The van der Waals surface area contributed by atoms with Crippen LogP contribution >= 0.6 is 11.6 Å². The van der Waals surface area contributed by atoms with Crippen molar-refractivity contribution in [1.82, 2.24) is 0 Å². The van der Waals surface area contributed by atoms with Crippen molar-refractivity contribution >= 4 is 50.7 Å². The number of hydrogen-bond donors (Lipinski definition) is 2. The van der Waals surface area contributed by atoms with Crippen molar-refractivity contribution in [3.8, 4) is 5.75 Å². The van der Waals surface area contributed by atoms with E-state index in [0.29, 0.717) is 22.2 Å². The van der Waals surface area contributed by atoms with Crippen LogP contribution in [0.2, 0.25) is 0 Å². The Morgan fingerprint density at radius 1 is 1.00 bits per heavy atom. The molecule has 0 saturated carbocycles. The maximum Gasteiger partial charge on any atom is 0.239 e. The third-order valence-electron chi connectivity index (χ3n) is 4.30. The molecule has 4 rings (SSSR count). The number of halogens is 1. The number of fused-ring (bicyclic) bond motifs is 3. The van der Waals surface area contributed by atoms with Crippen LogP contribution in [0.25, 0.3) is 21.7 Å². The van der Waals surface area contributed by atoms with Crippen molar-refractivity contribution in [3.63, 3.8) is 0 Å². The number of ketones is 1. The highest BCUT2D eigenvalue weighted by atomic mass is 35.5. The Labute approximate surface area is 159 Å². The van der Waals surface area contributed by atoms with Crippen LogP contribution in [0.3, 0.4) is 0 Å². The Morgan fingerprint density at radius 3 is 2.48 bits per heavy atom. The van der Waals surface area contributed by atoms with Gasteiger partial charge in [-0.1, -0.05) is 30.3 Å². The maximum atomic E-state index is 13.0. The van der Waals surface area contributed by atoms with Gasteiger partial charge in [0, 0.05) is 5.56 Å². The Morgan fingerprint density at radius 2 is 1.74 bits per heavy atom. The second kappa shape index (κ2) is 6.78. The first-order chi connectivity index (χ1) is 13.1. The number of nitrogens with one attached hydrogen (secondary N) is 1. The average molecular weight is 380 g/mol. The number of rotatable bonds is 4. The van der Waals surface area contributed by atoms with Gasteiger partial charge in [0.25, 0.3) is 0 Å². The Bertz CT molecular complexity index is 1180. The molecule has 0 aliphatic heterocycles. The fourth-order valence-corrected chi connectivity index (χ4v) is 3.13. The molecule has 1 heterocycles. The van der Waals surface area contributed by atoms with Gasteiger partial charge in [0.05, 0.1) is 11.1 Å². The first kappa shape index (κ1) is 17.1. The van der Waals surface area contributed by atoms with E-state index >= 15 is 0 Å². The quantitative estimate of drug-likeness (QED) is 0.398. The van der Waals surface area contributed by atoms with E-state index in [1.54, 1.807) is 6.07 Å². The summed E-state index contributed by atoms with van der Waals surface area (Å²) in [5, 5.41) is 14.6. The van der Waals surface area contributed by atoms with Crippen molar-refractivity contribution in [2.24, 2.45) is 0 Å². The van der Waals surface area contributed by atoms with E-state index in [1.807, 2.05) is 30.3 Å². The number of aromatic hydroxyl groups is 1. The number of benzene rings is 3. The lowest BCUT2D eigenvalue weighted by molar-refractivity contribution is -0.113. The number of phenolic OH excluding ortho intramolecular Hbond substituents is 1. The van der Waals surface area contributed by atoms with Crippen molar-refractivity contribution in [1.29, 1.82) is 0 Å². The molecule has 2 N–H and O–H groups in total. The van der Waals surface area contributed by atoms with Gasteiger partial charge in [-0.3, -0.25) is 9.59 Å². The Balaban J connectivity index is 1.97. The minimum atomic E-state index is -0.438. The van der Waals surface area contributed by atoms with Gasteiger partial charge in [-0.2, -0.15) is 0 Å². The van der Waals surface area contributed by atoms with Crippen molar-refractivity contribution in [2.75, 3.05) is 11.2 Å². The summed E-state index contributed by atoms with van der Waals surface area (Å²) in [7, 11) is 0. The molecular weight excluding hydrogens is 366 g/mol. The molecule has 0 saturated heterocycles. The highest BCUT2D eigenvalue weighted by Crippen LogP contribution is 2.37. The number of hydrogen-bond acceptors (Lipinski definition) is 4. The predicted octanol–water partition coefficient (Wildman–Crippen LogP) is 4.70. The van der Waals surface area contributed by atoms with Gasteiger partial charge >= 0.3 is 0 Å². The average Bonchev–Trinajstić information content (AvgIpc) is 3.06. The molecule has 3 aromatic carbocycles. The lowest BCUT2D eigenvalue weighted by atomic mass is 10.0. The SMILES string of the molecule is O=C(CCl)Nc1c(C(=O)c2ccc(O)cc2)oc2ccc3ccccc3c12. The predicted molar refractivity (Wildman–Crippen MR) is 105 cm³/mol. The van der Waals surface area contributed by atoms with E-state index in [2.05, 4.69) is 5.32 Å². The summed E-state index contributed by atoms with van der Waals surface area (Å²) in [5.74, 6) is -1.01. The zero-order valence-corrected chi connectivity index (χ0v) is 14.8. The van der Waals surface area contributed by atoms with E-state index in [-0.39, 0.29) is 17.4 Å². The largest absolute Gasteiger partial charge is 0.508 e. The van der Waals surface area contributed by atoms with Gasteiger partial charge in [0.2, 0.25) is 11.7 Å². The number of amides is 1. The van der Waals surface area contributed by atoms with Gasteiger partial charge in [0.1, 0.15) is 17.2 Å². The molecule has 1 aromatic heterocycles. The molecular formula is C21H14ClNO4. The number of carbonyl (C=O) groups is 2. The number of anilines is 1. The van der Waals surface area contributed by atoms with Crippen LogP contribution in [-0.4, -0.2) is 22.7 Å². The van der Waals surface area contributed by atoms with Crippen molar-refractivity contribution in [2.45, 2.75) is 0 Å². The molecule has 0 unspecified atom stereocenters. The summed E-state index contributed by atoms with van der Waals surface area (Å²) >= 11 is 5.65. The molecule has 0 aliphatic rings. The van der Waals surface area contributed by atoms with E-state index < -0.39 is 11.7 Å². The van der Waals surface area contributed by atoms with Crippen LogP contribution in [0.4, 0.5) is 5.69 Å². The van der Waals surface area contributed by atoms with Crippen LogP contribution in [-0.2, 0) is 4.79 Å². The Hall–Kier alpha value is -3.31. The molecule has 0 aliphatic carbocycles. The summed E-state index contributed by atoms with van der Waals surface area (Å²) in [6, 6.07) is 17.1. The highest BCUT2D eigenvalue weighted by Gasteiger charge is 2.24. The maximum absolute atomic E-state index is 13.0.